The van der Waals surface area contributed by atoms with Gasteiger partial charge in [0.15, 0.2) is 0 Å². The first-order valence-corrected chi connectivity index (χ1v) is 5.89. The van der Waals surface area contributed by atoms with Gasteiger partial charge in [0, 0.05) is 6.20 Å². The second-order valence-electron chi connectivity index (χ2n) is 2.24. The van der Waals surface area contributed by atoms with E-state index in [-0.39, 0.29) is 0 Å². The van der Waals surface area contributed by atoms with Crippen molar-refractivity contribution < 1.29 is 0 Å². The van der Waals surface area contributed by atoms with Crippen molar-refractivity contribution in [1.29, 1.82) is 0 Å². The van der Waals surface area contributed by atoms with Crippen LogP contribution in [0.15, 0.2) is 31.0 Å². The molecule has 0 bridgehead atoms. The van der Waals surface area contributed by atoms with Gasteiger partial charge >= 0.3 is 0 Å². The van der Waals surface area contributed by atoms with Crippen LogP contribution in [-0.2, 0) is 0 Å². The summed E-state index contributed by atoms with van der Waals surface area (Å²) in [7, 11) is 0. The molecule has 0 aliphatic rings. The summed E-state index contributed by atoms with van der Waals surface area (Å²) >= 11 is 0. The molecule has 0 atom stereocenters. The van der Waals surface area contributed by atoms with Crippen molar-refractivity contribution in [2.24, 2.45) is 0 Å². The number of hydrogen-bond donors (Lipinski definition) is 0. The molecule has 0 amide bonds. The maximum absolute atomic E-state index is 4.08. The van der Waals surface area contributed by atoms with Gasteiger partial charge in [0.2, 0.25) is 0 Å². The number of rotatable bonds is 0. The molecule has 0 spiro atoms. The molecule has 1 heterocycles. The van der Waals surface area contributed by atoms with Crippen LogP contribution in [0, 0.1) is 0 Å². The van der Waals surface area contributed by atoms with Crippen LogP contribution in [0.5, 0.6) is 0 Å². The summed E-state index contributed by atoms with van der Waals surface area (Å²) in [5.74, 6) is 0. The number of hydrogen-bond acceptors (Lipinski definition) is 1. The fraction of sp³-hybridized carbons (Fsp3) is 0.400. The zero-order chi connectivity index (χ0) is 13.4. The lowest BCUT2D eigenvalue weighted by Crippen LogP contribution is -2.24. The quantitative estimate of drug-likeness (QED) is 0.611. The van der Waals surface area contributed by atoms with Crippen molar-refractivity contribution in [1.82, 2.24) is 4.98 Å². The van der Waals surface area contributed by atoms with E-state index in [2.05, 4.69) is 18.1 Å². The average Bonchev–Trinajstić information content (AvgIpc) is 2.36. The van der Waals surface area contributed by atoms with Crippen molar-refractivity contribution in [2.45, 2.75) is 41.5 Å². The highest BCUT2D eigenvalue weighted by Gasteiger charge is 1.75. The molecule has 1 nitrogen and oxygen atoms in total. The SMILES string of the molecule is C=CC.C=c1cccn/c1=C/C.CC.CC. The normalized spacial score (nSPS) is 8.25. The molecule has 0 radical (unpaired) electrons. The lowest BCUT2D eigenvalue weighted by Gasteiger charge is -1.82. The molecule has 0 saturated heterocycles. The second-order valence-corrected chi connectivity index (χ2v) is 2.24. The molecular formula is C15H27N. The molecule has 0 unspecified atom stereocenters. The lowest BCUT2D eigenvalue weighted by molar-refractivity contribution is 1.22. The number of aromatic nitrogens is 1. The third-order valence-electron chi connectivity index (χ3n) is 1.20. The van der Waals surface area contributed by atoms with Gasteiger partial charge < -0.3 is 0 Å². The Morgan fingerprint density at radius 1 is 1.12 bits per heavy atom. The zero-order valence-corrected chi connectivity index (χ0v) is 11.7. The van der Waals surface area contributed by atoms with E-state index in [0.717, 1.165) is 10.6 Å². The number of pyridine rings is 1. The van der Waals surface area contributed by atoms with E-state index in [1.165, 1.54) is 0 Å². The Bertz CT molecular complexity index is 326. The number of allylic oxidation sites excluding steroid dienone is 1. The Hall–Kier alpha value is -1.37. The molecular weight excluding hydrogens is 194 g/mol. The Morgan fingerprint density at radius 2 is 1.56 bits per heavy atom. The first-order valence-electron chi connectivity index (χ1n) is 5.89. The largest absolute Gasteiger partial charge is 0.257 e. The molecule has 0 N–H and O–H groups in total. The Morgan fingerprint density at radius 3 is 1.81 bits per heavy atom. The molecule has 1 heteroatoms. The highest BCUT2D eigenvalue weighted by molar-refractivity contribution is 5.18. The van der Waals surface area contributed by atoms with Crippen LogP contribution in [0.25, 0.3) is 12.7 Å². The van der Waals surface area contributed by atoms with Crippen LogP contribution in [-0.4, -0.2) is 4.98 Å². The van der Waals surface area contributed by atoms with E-state index in [9.17, 15) is 0 Å². The maximum Gasteiger partial charge on any atom is 0.0653 e. The summed E-state index contributed by atoms with van der Waals surface area (Å²) in [6.45, 7) is 19.0. The van der Waals surface area contributed by atoms with Crippen LogP contribution in [0.1, 0.15) is 41.5 Å². The van der Waals surface area contributed by atoms with E-state index in [1.54, 1.807) is 12.3 Å². The summed E-state index contributed by atoms with van der Waals surface area (Å²) < 4.78 is 0. The van der Waals surface area contributed by atoms with Crippen LogP contribution >= 0.6 is 0 Å². The summed E-state index contributed by atoms with van der Waals surface area (Å²) in [5, 5.41) is 1.96. The maximum atomic E-state index is 4.08. The Kier molecular flexibility index (Phi) is 24.2. The van der Waals surface area contributed by atoms with Crippen LogP contribution in [0.3, 0.4) is 0 Å². The van der Waals surface area contributed by atoms with Gasteiger partial charge in [0.1, 0.15) is 0 Å². The average molecular weight is 221 g/mol. The predicted octanol–water partition coefficient (Wildman–Crippen LogP) is 3.54. The lowest BCUT2D eigenvalue weighted by atomic mass is 10.3. The molecule has 0 aliphatic carbocycles. The van der Waals surface area contributed by atoms with Gasteiger partial charge in [-0.3, -0.25) is 4.98 Å². The van der Waals surface area contributed by atoms with Crippen molar-refractivity contribution in [2.75, 3.05) is 0 Å². The number of nitrogens with zero attached hydrogens (tertiary/aromatic N) is 1. The third kappa shape index (κ3) is 12.6. The van der Waals surface area contributed by atoms with Gasteiger partial charge in [-0.05, 0) is 25.1 Å². The molecule has 92 valence electrons. The van der Waals surface area contributed by atoms with Crippen LogP contribution < -0.4 is 10.6 Å². The fourth-order valence-corrected chi connectivity index (χ4v) is 0.711. The Balaban J connectivity index is -0.000000206. The minimum atomic E-state index is 0.970. The zero-order valence-electron chi connectivity index (χ0n) is 11.7. The fourth-order valence-electron chi connectivity index (χ4n) is 0.711. The smallest absolute Gasteiger partial charge is 0.0653 e. The van der Waals surface area contributed by atoms with Gasteiger partial charge in [0.25, 0.3) is 0 Å². The minimum Gasteiger partial charge on any atom is -0.257 e. The standard InChI is InChI=1S/C8H9N.C3H6.2C2H6/c1-3-8-7(2)5-4-6-9-8;1-3-2;2*1-2/h3-6H,2H2,1H3;3H,1H2,2H3;2*1-2H3/b8-3+;;;. The van der Waals surface area contributed by atoms with E-state index in [0.29, 0.717) is 0 Å². The van der Waals surface area contributed by atoms with Gasteiger partial charge in [-0.15, -0.1) is 6.58 Å². The van der Waals surface area contributed by atoms with Crippen molar-refractivity contribution >= 4 is 12.7 Å². The van der Waals surface area contributed by atoms with Gasteiger partial charge in [-0.25, -0.2) is 0 Å². The van der Waals surface area contributed by atoms with Crippen molar-refractivity contribution in [3.05, 3.63) is 41.6 Å². The highest BCUT2D eigenvalue weighted by Crippen LogP contribution is 1.62. The first kappa shape index (κ1) is 20.1. The highest BCUT2D eigenvalue weighted by atomic mass is 14.6. The van der Waals surface area contributed by atoms with Gasteiger partial charge in [0.05, 0.1) is 5.35 Å². The molecule has 0 fully saturated rings. The topological polar surface area (TPSA) is 12.9 Å². The van der Waals surface area contributed by atoms with E-state index < -0.39 is 0 Å². The molecule has 1 rings (SSSR count). The van der Waals surface area contributed by atoms with Gasteiger partial charge in [-0.1, -0.05) is 52.5 Å². The van der Waals surface area contributed by atoms with E-state index in [1.807, 2.05) is 59.8 Å². The summed E-state index contributed by atoms with van der Waals surface area (Å²) in [5.41, 5.74) is 0. The molecule has 1 aromatic heterocycles. The third-order valence-corrected chi connectivity index (χ3v) is 1.20. The molecule has 1 aromatic rings. The van der Waals surface area contributed by atoms with Crippen molar-refractivity contribution in [3.63, 3.8) is 0 Å². The van der Waals surface area contributed by atoms with E-state index >= 15 is 0 Å². The molecule has 0 aliphatic heterocycles. The van der Waals surface area contributed by atoms with Gasteiger partial charge in [-0.2, -0.15) is 0 Å². The second kappa shape index (κ2) is 19.2. The summed E-state index contributed by atoms with van der Waals surface area (Å²) in [4.78, 5) is 4.08. The van der Waals surface area contributed by atoms with E-state index in [4.69, 9.17) is 0 Å². The molecule has 16 heavy (non-hydrogen) atoms. The molecule has 0 saturated carbocycles. The molecule has 0 aromatic carbocycles. The summed E-state index contributed by atoms with van der Waals surface area (Å²) in [6.07, 6.45) is 5.46. The van der Waals surface area contributed by atoms with Crippen LogP contribution in [0.2, 0.25) is 0 Å². The predicted molar refractivity (Wildman–Crippen MR) is 77.7 cm³/mol. The monoisotopic (exact) mass is 221 g/mol. The first-order chi connectivity index (χ1) is 7.76. The van der Waals surface area contributed by atoms with Crippen LogP contribution in [0.4, 0.5) is 0 Å². The minimum absolute atomic E-state index is 0.970. The van der Waals surface area contributed by atoms with Crippen molar-refractivity contribution in [3.8, 4) is 0 Å². The summed E-state index contributed by atoms with van der Waals surface area (Å²) in [6, 6.07) is 3.83. The Labute approximate surface area is 101 Å².